The molecule has 3 amide bonds. The number of piperidine rings is 1. The van der Waals surface area contributed by atoms with E-state index in [-0.39, 0.29) is 44.1 Å². The minimum absolute atomic E-state index is 0.0215. The van der Waals surface area contributed by atoms with Gasteiger partial charge < -0.3 is 34.7 Å². The second-order valence-electron chi connectivity index (χ2n) is 14.6. The van der Waals surface area contributed by atoms with Gasteiger partial charge in [-0.05, 0) is 87.9 Å². The molecule has 0 radical (unpaired) electrons. The number of nitrogens with two attached hydrogens (primary N) is 1. The van der Waals surface area contributed by atoms with Crippen molar-refractivity contribution in [3.05, 3.63) is 66.1 Å². The highest BCUT2D eigenvalue weighted by molar-refractivity contribution is 6.00. The van der Waals surface area contributed by atoms with Crippen molar-refractivity contribution in [1.82, 2.24) is 20.1 Å². The summed E-state index contributed by atoms with van der Waals surface area (Å²) >= 11 is 0. The third-order valence-corrected chi connectivity index (χ3v) is 10.4. The van der Waals surface area contributed by atoms with Crippen molar-refractivity contribution < 1.29 is 37.9 Å². The van der Waals surface area contributed by atoms with Crippen molar-refractivity contribution in [3.8, 4) is 0 Å². The number of oxazole rings is 1. The van der Waals surface area contributed by atoms with Crippen LogP contribution in [0.2, 0.25) is 0 Å². The van der Waals surface area contributed by atoms with Gasteiger partial charge >= 0.3 is 12.2 Å². The first-order valence-electron chi connectivity index (χ1n) is 19.1. The number of ketones is 2. The molecule has 3 aliphatic rings. The number of hydrogen-bond acceptors (Lipinski definition) is 10. The predicted molar refractivity (Wildman–Crippen MR) is 196 cm³/mol. The van der Waals surface area contributed by atoms with E-state index < -0.39 is 48.0 Å². The van der Waals surface area contributed by atoms with Crippen molar-refractivity contribution >= 4 is 40.8 Å². The second-order valence-corrected chi connectivity index (χ2v) is 14.6. The topological polar surface area (TPSA) is 174 Å². The van der Waals surface area contributed by atoms with Crippen LogP contribution in [0.25, 0.3) is 11.1 Å². The number of nitrogens with zero attached hydrogens (tertiary/aromatic N) is 3. The fraction of sp³-hybridized carbons (Fsp3) is 0.550. The first-order valence-corrected chi connectivity index (χ1v) is 19.1. The zero-order valence-electron chi connectivity index (χ0n) is 30.3. The number of amides is 3. The molecular weight excluding hydrogens is 678 g/mol. The largest absolute Gasteiger partial charge is 0.449 e. The van der Waals surface area contributed by atoms with Crippen molar-refractivity contribution in [3.63, 3.8) is 0 Å². The summed E-state index contributed by atoms with van der Waals surface area (Å²) in [6, 6.07) is 14.7. The van der Waals surface area contributed by atoms with E-state index in [2.05, 4.69) is 10.3 Å². The normalized spacial score (nSPS) is 19.8. The molecule has 284 valence electrons. The Morgan fingerprint density at radius 1 is 0.943 bits per heavy atom. The molecule has 2 saturated heterocycles. The lowest BCUT2D eigenvalue weighted by molar-refractivity contribution is -0.139. The van der Waals surface area contributed by atoms with E-state index >= 15 is 0 Å². The van der Waals surface area contributed by atoms with Crippen LogP contribution < -0.4 is 11.1 Å². The molecule has 13 heteroatoms. The van der Waals surface area contributed by atoms with Crippen molar-refractivity contribution in [1.29, 1.82) is 0 Å². The van der Waals surface area contributed by atoms with Crippen LogP contribution in [0.4, 0.5) is 9.59 Å². The minimum atomic E-state index is -1.00. The average molecular weight is 730 g/mol. The van der Waals surface area contributed by atoms with Gasteiger partial charge in [0.05, 0.1) is 19.2 Å². The Labute approximate surface area is 309 Å². The summed E-state index contributed by atoms with van der Waals surface area (Å²) in [7, 11) is 0. The molecule has 1 aromatic heterocycles. The smallest absolute Gasteiger partial charge is 0.410 e. The quantitative estimate of drug-likeness (QED) is 0.134. The van der Waals surface area contributed by atoms with Gasteiger partial charge in [0.25, 0.3) is 5.89 Å². The summed E-state index contributed by atoms with van der Waals surface area (Å²) in [4.78, 5) is 76.4. The fourth-order valence-electron chi connectivity index (χ4n) is 7.19. The summed E-state index contributed by atoms with van der Waals surface area (Å²) in [6.45, 7) is 1.88. The highest BCUT2D eigenvalue weighted by Crippen LogP contribution is 2.30. The monoisotopic (exact) mass is 729 g/mol. The number of carbonyl (C=O) groups is 5. The van der Waals surface area contributed by atoms with Gasteiger partial charge in [-0.15, -0.1) is 0 Å². The number of aryl methyl sites for hydroxylation is 1. The number of nitrogens with one attached hydrogen (secondary N) is 1. The predicted octanol–water partition coefficient (Wildman–Crippen LogP) is 5.44. The lowest BCUT2D eigenvalue weighted by atomic mass is 9.89. The first-order chi connectivity index (χ1) is 25.8. The third-order valence-electron chi connectivity index (χ3n) is 10.4. The van der Waals surface area contributed by atoms with Crippen LogP contribution in [0, 0.1) is 11.8 Å². The SMILES string of the molecule is NCCCC[C@H](CC(=O)[C@@H]1C[C@@H](OC(=O)N2CCCCC2)CN1C(=O)[C@@H](CCc1ccccc1)NC(=O)OCC1CC1)C(=O)c1nc2ccccc2o1. The number of hydrogen-bond donors (Lipinski definition) is 2. The molecule has 53 heavy (non-hydrogen) atoms. The number of rotatable bonds is 17. The molecule has 3 N–H and O–H groups in total. The van der Waals surface area contributed by atoms with Crippen molar-refractivity contribution in [2.24, 2.45) is 17.6 Å². The molecule has 0 bridgehead atoms. The van der Waals surface area contributed by atoms with Gasteiger partial charge in [0.2, 0.25) is 11.7 Å². The van der Waals surface area contributed by atoms with Gasteiger partial charge in [0.1, 0.15) is 17.7 Å². The number of unbranched alkanes of at least 4 members (excludes halogenated alkanes) is 1. The van der Waals surface area contributed by atoms with Gasteiger partial charge in [-0.1, -0.05) is 48.9 Å². The number of aromatic nitrogens is 1. The second kappa shape index (κ2) is 18.3. The zero-order chi connectivity index (χ0) is 37.2. The molecule has 1 saturated carbocycles. The van der Waals surface area contributed by atoms with E-state index in [0.29, 0.717) is 62.3 Å². The molecule has 3 heterocycles. The molecule has 2 aromatic carbocycles. The van der Waals surface area contributed by atoms with Crippen LogP contribution in [0.3, 0.4) is 0 Å². The molecule has 3 fully saturated rings. The number of fused-ring (bicyclic) bond motifs is 1. The van der Waals surface area contributed by atoms with Gasteiger partial charge in [0.15, 0.2) is 11.4 Å². The van der Waals surface area contributed by atoms with Crippen LogP contribution >= 0.6 is 0 Å². The summed E-state index contributed by atoms with van der Waals surface area (Å²) in [5.74, 6) is -1.70. The minimum Gasteiger partial charge on any atom is -0.449 e. The Balaban J connectivity index is 1.22. The van der Waals surface area contributed by atoms with Gasteiger partial charge in [-0.3, -0.25) is 14.4 Å². The van der Waals surface area contributed by atoms with Crippen LogP contribution in [0.15, 0.2) is 59.0 Å². The number of likely N-dealkylation sites (tertiary alicyclic amines) is 2. The van der Waals surface area contributed by atoms with E-state index in [0.717, 1.165) is 37.7 Å². The Kier molecular flexibility index (Phi) is 13.1. The average Bonchev–Trinajstić information content (AvgIpc) is 3.76. The first kappa shape index (κ1) is 38.0. The molecule has 0 unspecified atom stereocenters. The van der Waals surface area contributed by atoms with Crippen LogP contribution in [-0.2, 0) is 25.5 Å². The Hall–Kier alpha value is -4.78. The Morgan fingerprint density at radius 2 is 1.70 bits per heavy atom. The lowest BCUT2D eigenvalue weighted by Crippen LogP contribution is -2.52. The standard InChI is InChI=1S/C40H51N5O8/c41-20-8-7-13-29(36(47)37-42-31-14-5-6-15-35(31)53-37)23-34(46)33-24-30(52-40(50)44-21-9-2-10-22-44)25-45(33)38(48)32(19-18-27-11-3-1-4-12-27)43-39(49)51-26-28-16-17-28/h1,3-6,11-12,14-15,28-30,32-33H,2,7-10,13,16-26,41H2,(H,43,49)/t29-,30-,32-,33+/m1/s1. The zero-order valence-corrected chi connectivity index (χ0v) is 30.3. The highest BCUT2D eigenvalue weighted by atomic mass is 16.6. The van der Waals surface area contributed by atoms with E-state index in [1.165, 1.54) is 4.90 Å². The number of carbonyl (C=O) groups excluding carboxylic acids is 5. The maximum atomic E-state index is 14.5. The Morgan fingerprint density at radius 3 is 2.43 bits per heavy atom. The molecule has 2 aliphatic heterocycles. The summed E-state index contributed by atoms with van der Waals surface area (Å²) < 4.78 is 17.2. The van der Waals surface area contributed by atoms with Gasteiger partial charge in [0, 0.05) is 31.8 Å². The summed E-state index contributed by atoms with van der Waals surface area (Å²) in [6.07, 6.45) is 5.21. The van der Waals surface area contributed by atoms with Gasteiger partial charge in [-0.2, -0.15) is 0 Å². The van der Waals surface area contributed by atoms with E-state index in [4.69, 9.17) is 19.6 Å². The summed E-state index contributed by atoms with van der Waals surface area (Å²) in [5.41, 5.74) is 7.76. The molecule has 4 atom stereocenters. The maximum Gasteiger partial charge on any atom is 0.410 e. The number of para-hydroxylation sites is 2. The molecule has 1 aliphatic carbocycles. The van der Waals surface area contributed by atoms with Crippen LogP contribution in [-0.4, -0.2) is 95.4 Å². The van der Waals surface area contributed by atoms with Crippen molar-refractivity contribution in [2.45, 2.75) is 95.2 Å². The summed E-state index contributed by atoms with van der Waals surface area (Å²) in [5, 5.41) is 2.78. The van der Waals surface area contributed by atoms with Crippen LogP contribution in [0.1, 0.15) is 86.9 Å². The fourth-order valence-corrected chi connectivity index (χ4v) is 7.19. The number of ether oxygens (including phenoxy) is 2. The highest BCUT2D eigenvalue weighted by Gasteiger charge is 2.45. The van der Waals surface area contributed by atoms with E-state index in [1.54, 1.807) is 29.2 Å². The maximum absolute atomic E-state index is 14.5. The number of benzene rings is 2. The van der Waals surface area contributed by atoms with E-state index in [1.807, 2.05) is 30.3 Å². The number of Topliss-reactive ketones (excluding diaryl/α,β-unsaturated/α-hetero) is 2. The molecule has 0 spiro atoms. The lowest BCUT2D eigenvalue weighted by Gasteiger charge is -2.29. The molecule has 6 rings (SSSR count). The van der Waals surface area contributed by atoms with Gasteiger partial charge in [-0.25, -0.2) is 14.6 Å². The van der Waals surface area contributed by atoms with Crippen molar-refractivity contribution in [2.75, 3.05) is 32.8 Å². The van der Waals surface area contributed by atoms with E-state index in [9.17, 15) is 24.0 Å². The molecular formula is C40H51N5O8. The molecule has 13 nitrogen and oxygen atoms in total. The molecule has 3 aromatic rings. The Bertz CT molecular complexity index is 1690. The third kappa shape index (κ3) is 10.4. The van der Waals surface area contributed by atoms with Crippen LogP contribution in [0.5, 0.6) is 0 Å². The number of alkyl carbamates (subject to hydrolysis) is 1.